The molecule has 2 aromatic heterocycles. The summed E-state index contributed by atoms with van der Waals surface area (Å²) < 4.78 is 43.6. The fourth-order valence-corrected chi connectivity index (χ4v) is 2.80. The van der Waals surface area contributed by atoms with Gasteiger partial charge in [0.2, 0.25) is 0 Å². The lowest BCUT2D eigenvalue weighted by molar-refractivity contribution is -0.138. The first-order valence-corrected chi connectivity index (χ1v) is 8.37. The maximum Gasteiger partial charge on any atom is 0.419 e. The smallest absolute Gasteiger partial charge is 0.419 e. The Morgan fingerprint density at radius 1 is 1.25 bits per heavy atom. The van der Waals surface area contributed by atoms with Crippen LogP contribution in [-0.4, -0.2) is 26.4 Å². The zero-order chi connectivity index (χ0) is 20.5. The number of pyridine rings is 1. The number of carbonyl (C=O) groups is 1. The summed E-state index contributed by atoms with van der Waals surface area (Å²) in [4.78, 5) is 16.1. The van der Waals surface area contributed by atoms with E-state index in [2.05, 4.69) is 31.1 Å². The number of anilines is 2. The van der Waals surface area contributed by atoms with Crippen LogP contribution in [0.3, 0.4) is 0 Å². The van der Waals surface area contributed by atoms with Crippen molar-refractivity contribution >= 4 is 33.7 Å². The SMILES string of the molecule is Nc1cc(C(F)(F)F)c(Br)nc1-c1nnc(N(Cc2ccccc2)C(=O)O)o1. The highest BCUT2D eigenvalue weighted by atomic mass is 79.9. The number of amides is 1. The molecule has 0 bridgehead atoms. The van der Waals surface area contributed by atoms with Crippen LogP contribution in [0.4, 0.5) is 29.7 Å². The first-order chi connectivity index (χ1) is 13.2. The van der Waals surface area contributed by atoms with E-state index in [1.165, 1.54) is 0 Å². The van der Waals surface area contributed by atoms with Gasteiger partial charge in [0, 0.05) is 0 Å². The van der Waals surface area contributed by atoms with Gasteiger partial charge in [-0.15, -0.1) is 5.10 Å². The van der Waals surface area contributed by atoms with Crippen LogP contribution < -0.4 is 10.6 Å². The Morgan fingerprint density at radius 2 is 1.93 bits per heavy atom. The van der Waals surface area contributed by atoms with Crippen molar-refractivity contribution in [1.82, 2.24) is 15.2 Å². The minimum Gasteiger partial charge on any atom is -0.465 e. The van der Waals surface area contributed by atoms with Crippen molar-refractivity contribution in [3.8, 4) is 11.6 Å². The standard InChI is InChI=1S/C16H11BrF3N5O3/c17-12-9(16(18,19)20)6-10(21)11(22-12)13-23-24-14(28-13)25(15(26)27)7-8-4-2-1-3-5-8/h1-6H,7,21H2,(H,26,27). The summed E-state index contributed by atoms with van der Waals surface area (Å²) >= 11 is 2.74. The van der Waals surface area contributed by atoms with Gasteiger partial charge in [-0.3, -0.25) is 0 Å². The predicted molar refractivity (Wildman–Crippen MR) is 95.3 cm³/mol. The topological polar surface area (TPSA) is 118 Å². The first-order valence-electron chi connectivity index (χ1n) is 7.58. The van der Waals surface area contributed by atoms with E-state index in [4.69, 9.17) is 10.2 Å². The molecule has 1 aromatic carbocycles. The summed E-state index contributed by atoms with van der Waals surface area (Å²) in [5.41, 5.74) is 4.69. The van der Waals surface area contributed by atoms with Crippen molar-refractivity contribution in [2.24, 2.45) is 0 Å². The average molecular weight is 458 g/mol. The van der Waals surface area contributed by atoms with E-state index in [-0.39, 0.29) is 29.8 Å². The maximum absolute atomic E-state index is 12.9. The van der Waals surface area contributed by atoms with Crippen LogP contribution in [0.5, 0.6) is 0 Å². The Balaban J connectivity index is 1.95. The number of benzene rings is 1. The van der Waals surface area contributed by atoms with Crippen LogP contribution in [0.15, 0.2) is 45.4 Å². The molecule has 3 rings (SSSR count). The van der Waals surface area contributed by atoms with Crippen molar-refractivity contribution in [3.63, 3.8) is 0 Å². The molecule has 8 nitrogen and oxygen atoms in total. The third-order valence-electron chi connectivity index (χ3n) is 3.57. The van der Waals surface area contributed by atoms with Crippen molar-refractivity contribution in [2.75, 3.05) is 10.6 Å². The highest BCUT2D eigenvalue weighted by Crippen LogP contribution is 2.38. The monoisotopic (exact) mass is 457 g/mol. The Labute approximate surface area is 163 Å². The summed E-state index contributed by atoms with van der Waals surface area (Å²) in [6.07, 6.45) is -6.01. The maximum atomic E-state index is 12.9. The van der Waals surface area contributed by atoms with Gasteiger partial charge in [0.25, 0.3) is 5.89 Å². The van der Waals surface area contributed by atoms with E-state index >= 15 is 0 Å². The third kappa shape index (κ3) is 4.06. The van der Waals surface area contributed by atoms with Crippen LogP contribution in [0, 0.1) is 0 Å². The Morgan fingerprint density at radius 3 is 2.54 bits per heavy atom. The average Bonchev–Trinajstić information content (AvgIpc) is 3.10. The van der Waals surface area contributed by atoms with Gasteiger partial charge in [-0.2, -0.15) is 13.2 Å². The van der Waals surface area contributed by atoms with Gasteiger partial charge in [0.1, 0.15) is 4.60 Å². The molecular weight excluding hydrogens is 447 g/mol. The van der Waals surface area contributed by atoms with E-state index in [0.29, 0.717) is 11.6 Å². The van der Waals surface area contributed by atoms with Crippen molar-refractivity contribution < 1.29 is 27.5 Å². The number of hydrogen-bond acceptors (Lipinski definition) is 6. The fourth-order valence-electron chi connectivity index (χ4n) is 2.28. The predicted octanol–water partition coefficient (Wildman–Crippen LogP) is 4.18. The normalized spacial score (nSPS) is 11.4. The van der Waals surface area contributed by atoms with Crippen LogP contribution in [0.2, 0.25) is 0 Å². The lowest BCUT2D eigenvalue weighted by Gasteiger charge is -2.14. The molecule has 0 aliphatic rings. The number of nitrogens with zero attached hydrogens (tertiary/aromatic N) is 4. The minimum absolute atomic E-state index is 0.0720. The number of carboxylic acid groups (broad SMARTS) is 1. The van der Waals surface area contributed by atoms with Gasteiger partial charge >= 0.3 is 18.3 Å². The molecule has 0 spiro atoms. The van der Waals surface area contributed by atoms with E-state index in [9.17, 15) is 23.1 Å². The molecule has 0 saturated carbocycles. The number of alkyl halides is 3. The number of nitrogen functional groups attached to an aromatic ring is 1. The van der Waals surface area contributed by atoms with Gasteiger partial charge in [-0.25, -0.2) is 14.7 Å². The zero-order valence-corrected chi connectivity index (χ0v) is 15.4. The zero-order valence-electron chi connectivity index (χ0n) is 13.8. The Bertz CT molecular complexity index is 1010. The van der Waals surface area contributed by atoms with E-state index in [1.807, 2.05) is 0 Å². The molecule has 28 heavy (non-hydrogen) atoms. The lowest BCUT2D eigenvalue weighted by atomic mass is 10.2. The minimum atomic E-state index is -4.66. The molecule has 146 valence electrons. The Kier molecular flexibility index (Phi) is 5.23. The van der Waals surface area contributed by atoms with Crippen LogP contribution >= 0.6 is 15.9 Å². The molecule has 1 amide bonds. The molecule has 3 N–H and O–H groups in total. The summed E-state index contributed by atoms with van der Waals surface area (Å²) in [6, 6.07) is 8.96. The summed E-state index contributed by atoms with van der Waals surface area (Å²) in [6.45, 7) is -0.0720. The van der Waals surface area contributed by atoms with Gasteiger partial charge < -0.3 is 15.3 Å². The molecule has 3 aromatic rings. The van der Waals surface area contributed by atoms with Crippen molar-refractivity contribution in [3.05, 3.63) is 52.1 Å². The van der Waals surface area contributed by atoms with Crippen LogP contribution in [0.1, 0.15) is 11.1 Å². The number of rotatable bonds is 4. The quantitative estimate of drug-likeness (QED) is 0.563. The molecule has 0 fully saturated rings. The molecule has 0 aliphatic carbocycles. The summed E-state index contributed by atoms with van der Waals surface area (Å²) in [7, 11) is 0. The number of halogens is 4. The highest BCUT2D eigenvalue weighted by Gasteiger charge is 2.35. The van der Waals surface area contributed by atoms with Crippen LogP contribution in [0.25, 0.3) is 11.6 Å². The second-order valence-corrected chi connectivity index (χ2v) is 6.26. The van der Waals surface area contributed by atoms with Gasteiger partial charge in [0.15, 0.2) is 5.69 Å². The molecule has 12 heteroatoms. The number of nitrogens with two attached hydrogens (primary N) is 1. The van der Waals surface area contributed by atoms with Crippen LogP contribution in [-0.2, 0) is 12.7 Å². The van der Waals surface area contributed by atoms with Crippen molar-refractivity contribution in [2.45, 2.75) is 12.7 Å². The van der Waals surface area contributed by atoms with E-state index in [0.717, 1.165) is 4.90 Å². The van der Waals surface area contributed by atoms with Gasteiger partial charge in [-0.1, -0.05) is 35.4 Å². The lowest BCUT2D eigenvalue weighted by Crippen LogP contribution is -2.28. The Hall–Kier alpha value is -3.15. The largest absolute Gasteiger partial charge is 0.465 e. The van der Waals surface area contributed by atoms with Gasteiger partial charge in [0.05, 0.1) is 17.8 Å². The molecule has 0 radical (unpaired) electrons. The second kappa shape index (κ2) is 7.46. The summed E-state index contributed by atoms with van der Waals surface area (Å²) in [5.74, 6) is -0.318. The van der Waals surface area contributed by atoms with E-state index < -0.39 is 22.4 Å². The summed E-state index contributed by atoms with van der Waals surface area (Å²) in [5, 5.41) is 16.7. The first kappa shape index (κ1) is 19.6. The molecule has 2 heterocycles. The van der Waals surface area contributed by atoms with E-state index in [1.54, 1.807) is 30.3 Å². The number of hydrogen-bond donors (Lipinski definition) is 2. The van der Waals surface area contributed by atoms with Gasteiger partial charge in [-0.05, 0) is 27.6 Å². The second-order valence-electron chi connectivity index (χ2n) is 5.51. The molecular formula is C16H11BrF3N5O3. The molecule has 0 saturated heterocycles. The molecule has 0 atom stereocenters. The fraction of sp³-hybridized carbons (Fsp3) is 0.125. The number of aromatic nitrogens is 3. The molecule has 0 unspecified atom stereocenters. The highest BCUT2D eigenvalue weighted by molar-refractivity contribution is 9.10. The van der Waals surface area contributed by atoms with Crippen molar-refractivity contribution in [1.29, 1.82) is 0 Å². The molecule has 0 aliphatic heterocycles. The third-order valence-corrected chi connectivity index (χ3v) is 4.18.